The normalized spacial score (nSPS) is 27.1. The van der Waals surface area contributed by atoms with E-state index in [1.165, 1.54) is 19.3 Å². The van der Waals surface area contributed by atoms with Crippen molar-refractivity contribution in [1.82, 2.24) is 0 Å². The highest BCUT2D eigenvalue weighted by Gasteiger charge is 2.07. The topological polar surface area (TPSA) is 20.2 Å². The predicted octanol–water partition coefficient (Wildman–Crippen LogP) is 1.31. The van der Waals surface area contributed by atoms with Crippen molar-refractivity contribution >= 4 is 0 Å². The molecule has 1 nitrogen and oxygen atoms in total. The third-order valence-electron chi connectivity index (χ3n) is 1.55. The first-order valence-electron chi connectivity index (χ1n) is 3.46. The first-order chi connectivity index (χ1) is 3.93. The van der Waals surface area contributed by atoms with E-state index in [1.54, 1.807) is 0 Å². The summed E-state index contributed by atoms with van der Waals surface area (Å²) in [5.74, 6) is 0. The van der Waals surface area contributed by atoms with Crippen molar-refractivity contribution in [3.05, 3.63) is 0 Å². The van der Waals surface area contributed by atoms with E-state index in [1.807, 2.05) is 0 Å². The molecule has 0 radical (unpaired) electrons. The molecular formula is C6H12O. The second-order valence-electron chi connectivity index (χ2n) is 2.26. The quantitative estimate of drug-likeness (QED) is 0.528. The summed E-state index contributed by atoms with van der Waals surface area (Å²) in [6.07, 6.45) is 6.30. The molecule has 0 bridgehead atoms. The molecule has 0 unspecified atom stereocenters. The molecule has 1 heteroatoms. The first kappa shape index (κ1) is 3.90. The van der Waals surface area contributed by atoms with Crippen LogP contribution in [0, 0.1) is 0 Å². The molecule has 1 rings (SSSR count). The molecular weight excluding hydrogens is 88.1 g/mol. The van der Waals surface area contributed by atoms with Gasteiger partial charge in [0.2, 0.25) is 1.43 Å². The van der Waals surface area contributed by atoms with Crippen molar-refractivity contribution in [2.75, 3.05) is 0 Å². The molecule has 1 fully saturated rings. The lowest BCUT2D eigenvalue weighted by Crippen LogP contribution is -2.09. The number of hydrogen-bond donors (Lipinski definition) is 1. The van der Waals surface area contributed by atoms with E-state index < -0.39 is 0 Å². The third-order valence-corrected chi connectivity index (χ3v) is 1.55. The van der Waals surface area contributed by atoms with Crippen molar-refractivity contribution in [2.24, 2.45) is 0 Å². The van der Waals surface area contributed by atoms with Crippen LogP contribution in [0.5, 0.6) is 0 Å². The van der Waals surface area contributed by atoms with E-state index in [4.69, 9.17) is 1.43 Å². The van der Waals surface area contributed by atoms with Gasteiger partial charge in [0.15, 0.2) is 0 Å². The maximum Gasteiger partial charge on any atom is 0.210 e. The number of hydrogen-bond acceptors (Lipinski definition) is 1. The fourth-order valence-corrected chi connectivity index (χ4v) is 1.07. The van der Waals surface area contributed by atoms with Gasteiger partial charge in [-0.1, -0.05) is 19.3 Å². The van der Waals surface area contributed by atoms with Crippen LogP contribution in [0.25, 0.3) is 0 Å². The molecule has 1 aliphatic carbocycles. The van der Waals surface area contributed by atoms with Crippen LogP contribution in [0.4, 0.5) is 0 Å². The molecule has 0 saturated heterocycles. The Labute approximate surface area is 45.8 Å². The Hall–Kier alpha value is -0.0400. The highest BCUT2D eigenvalue weighted by atomic mass is 16.3. The number of rotatable bonds is 1. The standard InChI is InChI=1S/C6H12O/c7-6-4-2-1-3-5-6/h6-7H,1-5H2/i7D. The molecule has 1 aliphatic rings. The van der Waals surface area contributed by atoms with Gasteiger partial charge >= 0.3 is 0 Å². The van der Waals surface area contributed by atoms with Crippen LogP contribution in [-0.4, -0.2) is 12.6 Å². The molecule has 1 N–H and O–H groups in total. The van der Waals surface area contributed by atoms with Crippen LogP contribution < -0.4 is 0 Å². The van der Waals surface area contributed by atoms with Crippen molar-refractivity contribution in [1.29, 1.82) is 1.43 Å². The van der Waals surface area contributed by atoms with E-state index >= 15 is 0 Å². The number of aliphatic hydroxyl groups excluding tert-OH is 1. The van der Waals surface area contributed by atoms with Gasteiger partial charge in [-0.05, 0) is 12.8 Å². The average molecular weight is 101 g/mol. The predicted molar refractivity (Wildman–Crippen MR) is 29.1 cm³/mol. The van der Waals surface area contributed by atoms with Gasteiger partial charge in [-0.3, -0.25) is 0 Å². The van der Waals surface area contributed by atoms with Crippen molar-refractivity contribution < 1.29 is 5.11 Å². The highest BCUT2D eigenvalue weighted by Crippen LogP contribution is 2.16. The minimum absolute atomic E-state index is 0.253. The summed E-state index contributed by atoms with van der Waals surface area (Å²) in [5.41, 5.74) is 0. The molecule has 0 aromatic heterocycles. The molecule has 42 valence electrons. The van der Waals surface area contributed by atoms with E-state index in [2.05, 4.69) is 5.11 Å². The lowest BCUT2D eigenvalue weighted by molar-refractivity contribution is 0.130. The summed E-state index contributed by atoms with van der Waals surface area (Å²) in [4.78, 5) is 0. The van der Waals surface area contributed by atoms with Crippen molar-refractivity contribution in [2.45, 2.75) is 38.2 Å². The summed E-state index contributed by atoms with van der Waals surface area (Å²) < 4.78 is 6.60. The van der Waals surface area contributed by atoms with Crippen LogP contribution >= 0.6 is 0 Å². The van der Waals surface area contributed by atoms with Gasteiger partial charge in [0, 0.05) is 0 Å². The van der Waals surface area contributed by atoms with Crippen LogP contribution in [0.3, 0.4) is 0 Å². The van der Waals surface area contributed by atoms with Gasteiger partial charge in [0.05, 0.1) is 6.10 Å². The molecule has 0 atom stereocenters. The fourth-order valence-electron chi connectivity index (χ4n) is 1.07. The smallest absolute Gasteiger partial charge is 0.210 e. The highest BCUT2D eigenvalue weighted by molar-refractivity contribution is 4.61. The second-order valence-corrected chi connectivity index (χ2v) is 2.26. The zero-order chi connectivity index (χ0) is 5.82. The van der Waals surface area contributed by atoms with E-state index in [0.717, 1.165) is 12.8 Å². The lowest BCUT2D eigenvalue weighted by atomic mass is 9.98. The van der Waals surface area contributed by atoms with E-state index in [0.29, 0.717) is 0 Å². The maximum absolute atomic E-state index is 6.60. The molecule has 0 heterocycles. The summed E-state index contributed by atoms with van der Waals surface area (Å²) in [5, 5.41) is 4.44. The van der Waals surface area contributed by atoms with Crippen LogP contribution in [0.1, 0.15) is 32.1 Å². The molecule has 0 amide bonds. The van der Waals surface area contributed by atoms with Gasteiger partial charge in [0.1, 0.15) is 0 Å². The SMILES string of the molecule is [2H]OC1CCCCC1. The summed E-state index contributed by atoms with van der Waals surface area (Å²) >= 11 is 0. The Kier molecular flexibility index (Phi) is 1.29. The Morgan fingerprint density at radius 2 is 2.00 bits per heavy atom. The van der Waals surface area contributed by atoms with Crippen LogP contribution in [-0.2, 0) is 0 Å². The number of aliphatic hydroxyl groups is 1. The Bertz CT molecular complexity index is 59.5. The summed E-state index contributed by atoms with van der Waals surface area (Å²) in [6, 6.07) is 0. The minimum atomic E-state index is 0.253. The van der Waals surface area contributed by atoms with Crippen LogP contribution in [0.15, 0.2) is 0 Å². The van der Waals surface area contributed by atoms with E-state index in [9.17, 15) is 0 Å². The summed E-state index contributed by atoms with van der Waals surface area (Å²) in [7, 11) is 0. The fraction of sp³-hybridized carbons (Fsp3) is 1.00. The average Bonchev–Trinajstić information content (AvgIpc) is 1.90. The summed E-state index contributed by atoms with van der Waals surface area (Å²) in [6.45, 7) is 0. The molecule has 0 spiro atoms. The Morgan fingerprint density at radius 3 is 2.43 bits per heavy atom. The van der Waals surface area contributed by atoms with E-state index in [-0.39, 0.29) is 6.10 Å². The largest absolute Gasteiger partial charge is 0.393 e. The minimum Gasteiger partial charge on any atom is -0.393 e. The van der Waals surface area contributed by atoms with Crippen LogP contribution in [0.2, 0.25) is 0 Å². The monoisotopic (exact) mass is 101 g/mol. The molecule has 0 aromatic carbocycles. The molecule has 0 aliphatic heterocycles. The van der Waals surface area contributed by atoms with Crippen molar-refractivity contribution in [3.8, 4) is 0 Å². The van der Waals surface area contributed by atoms with Gasteiger partial charge in [-0.2, -0.15) is 0 Å². The van der Waals surface area contributed by atoms with Gasteiger partial charge in [0.25, 0.3) is 0 Å². The Morgan fingerprint density at radius 1 is 1.29 bits per heavy atom. The molecule has 7 heavy (non-hydrogen) atoms. The zero-order valence-electron chi connectivity index (χ0n) is 5.52. The van der Waals surface area contributed by atoms with Gasteiger partial charge < -0.3 is 5.11 Å². The third kappa shape index (κ3) is 1.48. The Balaban J connectivity index is 2.13. The maximum atomic E-state index is 6.60. The van der Waals surface area contributed by atoms with Gasteiger partial charge in [-0.25, -0.2) is 0 Å². The zero-order valence-corrected chi connectivity index (χ0v) is 4.52. The molecule has 0 aromatic rings. The van der Waals surface area contributed by atoms with Crippen molar-refractivity contribution in [3.63, 3.8) is 0 Å². The molecule has 1 saturated carbocycles. The van der Waals surface area contributed by atoms with Gasteiger partial charge in [-0.15, -0.1) is 0 Å². The second kappa shape index (κ2) is 2.31. The lowest BCUT2D eigenvalue weighted by Gasteiger charge is -2.14. The first-order valence-corrected chi connectivity index (χ1v) is 3.05.